The molecule has 1 amide bonds. The van der Waals surface area contributed by atoms with E-state index in [1.807, 2.05) is 0 Å². The Morgan fingerprint density at radius 3 is 2.77 bits per heavy atom. The molecule has 4 rings (SSSR count). The summed E-state index contributed by atoms with van der Waals surface area (Å²) in [6.07, 6.45) is 1.33. The highest BCUT2D eigenvalue weighted by molar-refractivity contribution is 6.34. The standard InChI is InChI=1S/C17H10ClN3O5/c18-12-3-2-10-11(16(12)21(23)24)5-6-19-15(10)17(22)20-9-1-4-13-14(7-9)26-8-25-13/h1-7H,8H2,(H,20,22). The lowest BCUT2D eigenvalue weighted by Gasteiger charge is -2.08. The first kappa shape index (κ1) is 16.1. The molecule has 0 fully saturated rings. The van der Waals surface area contributed by atoms with Crippen molar-refractivity contribution in [1.82, 2.24) is 4.98 Å². The summed E-state index contributed by atoms with van der Waals surface area (Å²) in [5.74, 6) is 0.610. The van der Waals surface area contributed by atoms with Crippen LogP contribution in [-0.2, 0) is 0 Å². The monoisotopic (exact) mass is 371 g/mol. The number of fused-ring (bicyclic) bond motifs is 2. The molecule has 8 nitrogen and oxygen atoms in total. The van der Waals surface area contributed by atoms with Gasteiger partial charge in [-0.1, -0.05) is 17.7 Å². The van der Waals surface area contributed by atoms with Crippen LogP contribution in [0.25, 0.3) is 10.8 Å². The summed E-state index contributed by atoms with van der Waals surface area (Å²) in [6.45, 7) is 0.127. The fourth-order valence-electron chi connectivity index (χ4n) is 2.74. The molecule has 2 aromatic carbocycles. The number of hydrogen-bond donors (Lipinski definition) is 1. The van der Waals surface area contributed by atoms with Crippen LogP contribution in [-0.4, -0.2) is 22.6 Å². The number of carbonyl (C=O) groups excluding carboxylic acids is 1. The molecular formula is C17H10ClN3O5. The van der Waals surface area contributed by atoms with Gasteiger partial charge in [0.15, 0.2) is 11.5 Å². The number of nitro groups is 1. The Morgan fingerprint density at radius 1 is 1.15 bits per heavy atom. The number of amides is 1. The second kappa shape index (κ2) is 6.16. The summed E-state index contributed by atoms with van der Waals surface area (Å²) >= 11 is 5.93. The van der Waals surface area contributed by atoms with E-state index in [1.54, 1.807) is 18.2 Å². The quantitative estimate of drug-likeness (QED) is 0.555. The number of ether oxygens (including phenoxy) is 2. The van der Waals surface area contributed by atoms with Crippen LogP contribution in [0.3, 0.4) is 0 Å². The van der Waals surface area contributed by atoms with E-state index in [0.29, 0.717) is 22.6 Å². The Kier molecular flexibility index (Phi) is 3.81. The Labute approximate surface area is 151 Å². The van der Waals surface area contributed by atoms with E-state index in [2.05, 4.69) is 10.3 Å². The summed E-state index contributed by atoms with van der Waals surface area (Å²) in [7, 11) is 0. The average Bonchev–Trinajstić information content (AvgIpc) is 3.08. The van der Waals surface area contributed by atoms with Gasteiger partial charge in [-0.05, 0) is 24.3 Å². The van der Waals surface area contributed by atoms with Crippen LogP contribution in [0.1, 0.15) is 10.5 Å². The molecule has 0 aliphatic carbocycles. The van der Waals surface area contributed by atoms with Gasteiger partial charge in [0.25, 0.3) is 11.6 Å². The van der Waals surface area contributed by atoms with Gasteiger partial charge in [-0.3, -0.25) is 19.9 Å². The second-order valence-electron chi connectivity index (χ2n) is 5.43. The van der Waals surface area contributed by atoms with Crippen molar-refractivity contribution in [1.29, 1.82) is 0 Å². The number of hydrogen-bond acceptors (Lipinski definition) is 6. The van der Waals surface area contributed by atoms with Crippen molar-refractivity contribution in [2.75, 3.05) is 12.1 Å². The number of nitrogens with zero attached hydrogens (tertiary/aromatic N) is 2. The fraction of sp³-hybridized carbons (Fsp3) is 0.0588. The van der Waals surface area contributed by atoms with Crippen molar-refractivity contribution in [3.8, 4) is 11.5 Å². The van der Waals surface area contributed by atoms with Crippen molar-refractivity contribution in [2.45, 2.75) is 0 Å². The molecule has 1 aliphatic rings. The number of nitro benzene ring substituents is 1. The predicted molar refractivity (Wildman–Crippen MR) is 93.9 cm³/mol. The SMILES string of the molecule is O=C(Nc1ccc2c(c1)OCO2)c1nccc2c([N+](=O)[O-])c(Cl)ccc12. The van der Waals surface area contributed by atoms with Gasteiger partial charge >= 0.3 is 0 Å². The van der Waals surface area contributed by atoms with Crippen molar-refractivity contribution in [3.63, 3.8) is 0 Å². The Morgan fingerprint density at radius 2 is 1.96 bits per heavy atom. The maximum Gasteiger partial charge on any atom is 0.295 e. The van der Waals surface area contributed by atoms with Crippen LogP contribution < -0.4 is 14.8 Å². The summed E-state index contributed by atoms with van der Waals surface area (Å²) in [5.41, 5.74) is 0.283. The van der Waals surface area contributed by atoms with Crippen LogP contribution in [0.2, 0.25) is 5.02 Å². The number of benzene rings is 2. The summed E-state index contributed by atoms with van der Waals surface area (Å²) in [5, 5.41) is 14.6. The zero-order chi connectivity index (χ0) is 18.3. The molecule has 1 aliphatic heterocycles. The summed E-state index contributed by atoms with van der Waals surface area (Å²) in [4.78, 5) is 27.4. The largest absolute Gasteiger partial charge is 0.454 e. The van der Waals surface area contributed by atoms with Crippen molar-refractivity contribution < 1.29 is 19.2 Å². The van der Waals surface area contributed by atoms with Gasteiger partial charge in [-0.15, -0.1) is 0 Å². The molecule has 1 N–H and O–H groups in total. The average molecular weight is 372 g/mol. The molecule has 0 bridgehead atoms. The molecule has 9 heteroatoms. The maximum absolute atomic E-state index is 12.6. The fourth-order valence-corrected chi connectivity index (χ4v) is 2.98. The van der Waals surface area contributed by atoms with Gasteiger partial charge in [0.05, 0.1) is 10.3 Å². The Hall–Kier alpha value is -3.39. The minimum absolute atomic E-state index is 0.00386. The van der Waals surface area contributed by atoms with E-state index in [-0.39, 0.29) is 28.6 Å². The van der Waals surface area contributed by atoms with Crippen LogP contribution >= 0.6 is 11.6 Å². The van der Waals surface area contributed by atoms with Crippen molar-refractivity contribution >= 4 is 39.7 Å². The van der Waals surface area contributed by atoms with Gasteiger partial charge in [0.2, 0.25) is 6.79 Å². The number of pyridine rings is 1. The minimum Gasteiger partial charge on any atom is -0.454 e. The first-order valence-corrected chi connectivity index (χ1v) is 7.85. The molecule has 26 heavy (non-hydrogen) atoms. The van der Waals surface area contributed by atoms with Gasteiger partial charge in [-0.2, -0.15) is 0 Å². The lowest BCUT2D eigenvalue weighted by atomic mass is 10.1. The maximum atomic E-state index is 12.6. The van der Waals surface area contributed by atoms with Gasteiger partial charge < -0.3 is 14.8 Å². The number of carbonyl (C=O) groups is 1. The lowest BCUT2D eigenvalue weighted by molar-refractivity contribution is -0.382. The molecule has 0 atom stereocenters. The van der Waals surface area contributed by atoms with E-state index in [4.69, 9.17) is 21.1 Å². The van der Waals surface area contributed by atoms with Crippen LogP contribution in [0, 0.1) is 10.1 Å². The third-order valence-electron chi connectivity index (χ3n) is 3.90. The molecule has 1 aromatic heterocycles. The Balaban J connectivity index is 1.73. The number of nitrogens with one attached hydrogen (secondary N) is 1. The molecule has 2 heterocycles. The normalized spacial score (nSPS) is 12.2. The van der Waals surface area contributed by atoms with E-state index in [9.17, 15) is 14.9 Å². The van der Waals surface area contributed by atoms with Crippen LogP contribution in [0.5, 0.6) is 11.5 Å². The molecule has 0 radical (unpaired) electrons. The first-order valence-electron chi connectivity index (χ1n) is 7.47. The van der Waals surface area contributed by atoms with Crippen LogP contribution in [0.4, 0.5) is 11.4 Å². The molecule has 3 aromatic rings. The highest BCUT2D eigenvalue weighted by Gasteiger charge is 2.22. The van der Waals surface area contributed by atoms with Gasteiger partial charge in [0.1, 0.15) is 10.7 Å². The zero-order valence-electron chi connectivity index (χ0n) is 13.1. The molecule has 0 saturated heterocycles. The number of halogens is 1. The minimum atomic E-state index is -0.579. The third-order valence-corrected chi connectivity index (χ3v) is 4.20. The number of aromatic nitrogens is 1. The van der Waals surface area contributed by atoms with Gasteiger partial charge in [0, 0.05) is 23.3 Å². The molecular weight excluding hydrogens is 362 g/mol. The third kappa shape index (κ3) is 2.66. The molecule has 0 saturated carbocycles. The Bertz CT molecular complexity index is 1070. The van der Waals surface area contributed by atoms with Crippen LogP contribution in [0.15, 0.2) is 42.6 Å². The van der Waals surface area contributed by atoms with E-state index in [0.717, 1.165) is 0 Å². The van der Waals surface area contributed by atoms with Crippen molar-refractivity contribution in [3.05, 3.63) is 63.4 Å². The smallest absolute Gasteiger partial charge is 0.295 e. The lowest BCUT2D eigenvalue weighted by Crippen LogP contribution is -2.14. The number of anilines is 1. The van der Waals surface area contributed by atoms with Gasteiger partial charge in [-0.25, -0.2) is 0 Å². The summed E-state index contributed by atoms with van der Waals surface area (Å²) < 4.78 is 10.5. The second-order valence-corrected chi connectivity index (χ2v) is 5.84. The first-order chi connectivity index (χ1) is 12.5. The highest BCUT2D eigenvalue weighted by atomic mass is 35.5. The van der Waals surface area contributed by atoms with Crippen molar-refractivity contribution in [2.24, 2.45) is 0 Å². The number of rotatable bonds is 3. The predicted octanol–water partition coefficient (Wildman–Crippen LogP) is 3.78. The molecule has 0 unspecified atom stereocenters. The summed E-state index contributed by atoms with van der Waals surface area (Å²) in [6, 6.07) is 9.34. The topological polar surface area (TPSA) is 104 Å². The molecule has 130 valence electrons. The molecule has 0 spiro atoms. The highest BCUT2D eigenvalue weighted by Crippen LogP contribution is 2.36. The van der Waals surface area contributed by atoms with E-state index >= 15 is 0 Å². The zero-order valence-corrected chi connectivity index (χ0v) is 13.8. The van der Waals surface area contributed by atoms with E-state index < -0.39 is 10.8 Å². The van der Waals surface area contributed by atoms with E-state index in [1.165, 1.54) is 24.4 Å².